The number of hydrogen-bond donors (Lipinski definition) is 3. The predicted octanol–water partition coefficient (Wildman–Crippen LogP) is 3.07. The van der Waals surface area contributed by atoms with Crippen molar-refractivity contribution < 1.29 is 19.7 Å². The standard InChI is InChI=1S/C21H25NO4S/c1-12-9-16-19(27-12)8-5-13(20(16)24)11-22-17-6-7-18(21(17)25)26-15-4-2-3-14(23)10-15/h2-4,9-10,13,17-18,21-23,25H,5-8,11H2,1H3. The van der Waals surface area contributed by atoms with Crippen LogP contribution in [-0.2, 0) is 6.42 Å². The number of phenolic OH excluding ortho intramolecular Hbond substituents is 1. The van der Waals surface area contributed by atoms with E-state index in [1.54, 1.807) is 35.6 Å². The van der Waals surface area contributed by atoms with Crippen LogP contribution >= 0.6 is 11.3 Å². The number of nitrogens with one attached hydrogen (secondary N) is 1. The molecule has 6 heteroatoms. The zero-order valence-electron chi connectivity index (χ0n) is 15.4. The highest BCUT2D eigenvalue weighted by Crippen LogP contribution is 2.32. The first-order valence-electron chi connectivity index (χ1n) is 9.52. The number of phenols is 1. The van der Waals surface area contributed by atoms with Gasteiger partial charge in [0.05, 0.1) is 0 Å². The highest BCUT2D eigenvalue weighted by molar-refractivity contribution is 7.12. The summed E-state index contributed by atoms with van der Waals surface area (Å²) in [6.07, 6.45) is 2.42. The summed E-state index contributed by atoms with van der Waals surface area (Å²) >= 11 is 1.73. The number of carbonyl (C=O) groups is 1. The van der Waals surface area contributed by atoms with Crippen molar-refractivity contribution in [2.24, 2.45) is 5.92 Å². The molecule has 2 aliphatic rings. The minimum absolute atomic E-state index is 0.0234. The van der Waals surface area contributed by atoms with Gasteiger partial charge in [-0.25, -0.2) is 0 Å². The van der Waals surface area contributed by atoms with Crippen LogP contribution in [0, 0.1) is 12.8 Å². The number of carbonyl (C=O) groups excluding carboxylic acids is 1. The lowest BCUT2D eigenvalue weighted by molar-refractivity contribution is 0.0440. The number of rotatable bonds is 5. The Kier molecular flexibility index (Phi) is 5.21. The predicted molar refractivity (Wildman–Crippen MR) is 105 cm³/mol. The number of aryl methyl sites for hydroxylation is 2. The van der Waals surface area contributed by atoms with Crippen molar-refractivity contribution in [3.63, 3.8) is 0 Å². The second kappa shape index (κ2) is 7.62. The van der Waals surface area contributed by atoms with Gasteiger partial charge in [-0.2, -0.15) is 0 Å². The van der Waals surface area contributed by atoms with E-state index in [4.69, 9.17) is 4.74 Å². The Morgan fingerprint density at radius 1 is 1.26 bits per heavy atom. The number of aliphatic hydroxyl groups is 1. The summed E-state index contributed by atoms with van der Waals surface area (Å²) in [4.78, 5) is 15.1. The van der Waals surface area contributed by atoms with Crippen molar-refractivity contribution >= 4 is 17.1 Å². The van der Waals surface area contributed by atoms with E-state index >= 15 is 0 Å². The van der Waals surface area contributed by atoms with Crippen LogP contribution in [0.2, 0.25) is 0 Å². The summed E-state index contributed by atoms with van der Waals surface area (Å²) in [7, 11) is 0. The maximum absolute atomic E-state index is 12.7. The van der Waals surface area contributed by atoms with Crippen LogP contribution < -0.4 is 10.1 Å². The van der Waals surface area contributed by atoms with Gasteiger partial charge in [-0.15, -0.1) is 11.3 Å². The summed E-state index contributed by atoms with van der Waals surface area (Å²) in [5.74, 6) is 0.911. The van der Waals surface area contributed by atoms with Gasteiger partial charge in [0, 0.05) is 39.9 Å². The van der Waals surface area contributed by atoms with E-state index in [9.17, 15) is 15.0 Å². The topological polar surface area (TPSA) is 78.8 Å². The largest absolute Gasteiger partial charge is 0.508 e. The summed E-state index contributed by atoms with van der Waals surface area (Å²) in [6, 6.07) is 8.56. The molecule has 144 valence electrons. The molecule has 0 saturated heterocycles. The Hall–Kier alpha value is -1.89. The molecular formula is C21H25NO4S. The van der Waals surface area contributed by atoms with Crippen LogP contribution in [-0.4, -0.2) is 40.8 Å². The molecule has 4 rings (SSSR count). The summed E-state index contributed by atoms with van der Waals surface area (Å²) in [5.41, 5.74) is 0.896. The second-order valence-corrected chi connectivity index (χ2v) is 8.87. The Balaban J connectivity index is 1.32. The van der Waals surface area contributed by atoms with Gasteiger partial charge >= 0.3 is 0 Å². The molecule has 4 unspecified atom stereocenters. The van der Waals surface area contributed by atoms with Crippen LogP contribution in [0.5, 0.6) is 11.5 Å². The van der Waals surface area contributed by atoms with Crippen LogP contribution in [0.15, 0.2) is 30.3 Å². The van der Waals surface area contributed by atoms with Gasteiger partial charge in [0.15, 0.2) is 5.78 Å². The number of aliphatic hydroxyl groups excluding tert-OH is 1. The molecule has 1 aromatic heterocycles. The van der Waals surface area contributed by atoms with Crippen molar-refractivity contribution in [2.75, 3.05) is 6.54 Å². The fourth-order valence-corrected chi connectivity index (χ4v) is 5.18. The minimum atomic E-state index is -0.634. The van der Waals surface area contributed by atoms with Crippen molar-refractivity contribution in [1.82, 2.24) is 5.32 Å². The van der Waals surface area contributed by atoms with Gasteiger partial charge in [0.2, 0.25) is 0 Å². The maximum atomic E-state index is 12.7. The molecule has 4 atom stereocenters. The first kappa shape index (κ1) is 18.5. The van der Waals surface area contributed by atoms with Gasteiger partial charge in [-0.3, -0.25) is 4.79 Å². The lowest BCUT2D eigenvalue weighted by Gasteiger charge is -2.25. The third-order valence-electron chi connectivity index (χ3n) is 5.58. The van der Waals surface area contributed by atoms with Crippen molar-refractivity contribution in [3.05, 3.63) is 45.6 Å². The first-order chi connectivity index (χ1) is 13.0. The van der Waals surface area contributed by atoms with Crippen molar-refractivity contribution in [2.45, 2.75) is 50.9 Å². The number of Topliss-reactive ketones (excluding diaryl/α,β-unsaturated/α-hetero) is 1. The van der Waals surface area contributed by atoms with Gasteiger partial charge in [-0.05, 0) is 50.8 Å². The SMILES string of the molecule is Cc1cc2c(s1)CCC(CNC1CCC(Oc3cccc(O)c3)C1O)C2=O. The molecule has 0 amide bonds. The Morgan fingerprint density at radius 2 is 2.11 bits per heavy atom. The molecule has 2 aliphatic carbocycles. The monoisotopic (exact) mass is 387 g/mol. The molecular weight excluding hydrogens is 362 g/mol. The first-order valence-corrected chi connectivity index (χ1v) is 10.3. The number of ether oxygens (including phenoxy) is 1. The molecule has 1 aromatic carbocycles. The van der Waals surface area contributed by atoms with E-state index in [0.717, 1.165) is 31.2 Å². The zero-order valence-corrected chi connectivity index (χ0v) is 16.2. The summed E-state index contributed by atoms with van der Waals surface area (Å²) in [6.45, 7) is 2.64. The average Bonchev–Trinajstić information content (AvgIpc) is 3.18. The summed E-state index contributed by atoms with van der Waals surface area (Å²) < 4.78 is 5.85. The number of benzene rings is 1. The maximum Gasteiger partial charge on any atom is 0.168 e. The lowest BCUT2D eigenvalue weighted by Crippen LogP contribution is -2.44. The Bertz CT molecular complexity index is 833. The van der Waals surface area contributed by atoms with E-state index in [0.29, 0.717) is 12.3 Å². The third kappa shape index (κ3) is 3.88. The van der Waals surface area contributed by atoms with Gasteiger partial charge in [0.1, 0.15) is 23.7 Å². The van der Waals surface area contributed by atoms with Crippen molar-refractivity contribution in [1.29, 1.82) is 0 Å². The fraction of sp³-hybridized carbons (Fsp3) is 0.476. The molecule has 5 nitrogen and oxygen atoms in total. The van der Waals surface area contributed by atoms with E-state index in [1.807, 2.05) is 13.0 Å². The molecule has 0 bridgehead atoms. The highest BCUT2D eigenvalue weighted by Gasteiger charge is 2.37. The average molecular weight is 388 g/mol. The van der Waals surface area contributed by atoms with Crippen molar-refractivity contribution in [3.8, 4) is 11.5 Å². The molecule has 1 fully saturated rings. The van der Waals surface area contributed by atoms with E-state index in [2.05, 4.69) is 5.32 Å². The minimum Gasteiger partial charge on any atom is -0.508 e. The number of thiophene rings is 1. The van der Waals surface area contributed by atoms with Gasteiger partial charge in [-0.1, -0.05) is 6.07 Å². The third-order valence-corrected chi connectivity index (χ3v) is 6.69. The molecule has 0 aliphatic heterocycles. The van der Waals surface area contributed by atoms with Crippen LogP contribution in [0.25, 0.3) is 0 Å². The van der Waals surface area contributed by atoms with Gasteiger partial charge in [0.25, 0.3) is 0 Å². The number of ketones is 1. The summed E-state index contributed by atoms with van der Waals surface area (Å²) in [5, 5.41) is 23.5. The molecule has 2 aromatic rings. The normalized spacial score (nSPS) is 27.6. The molecule has 1 heterocycles. The second-order valence-electron chi connectivity index (χ2n) is 7.53. The highest BCUT2D eigenvalue weighted by atomic mass is 32.1. The Morgan fingerprint density at radius 3 is 2.93 bits per heavy atom. The van der Waals surface area contributed by atoms with Crippen LogP contribution in [0.4, 0.5) is 0 Å². The smallest absolute Gasteiger partial charge is 0.168 e. The number of aromatic hydroxyl groups is 1. The Labute approximate surface area is 163 Å². The van der Waals surface area contributed by atoms with E-state index in [1.165, 1.54) is 9.75 Å². The van der Waals surface area contributed by atoms with Crippen LogP contribution in [0.3, 0.4) is 0 Å². The van der Waals surface area contributed by atoms with Crippen LogP contribution in [0.1, 0.15) is 39.4 Å². The van der Waals surface area contributed by atoms with Gasteiger partial charge < -0.3 is 20.3 Å². The lowest BCUT2D eigenvalue weighted by atomic mass is 9.87. The molecule has 0 spiro atoms. The van der Waals surface area contributed by atoms with E-state index < -0.39 is 6.10 Å². The molecule has 27 heavy (non-hydrogen) atoms. The van der Waals surface area contributed by atoms with E-state index in [-0.39, 0.29) is 29.6 Å². The fourth-order valence-electron chi connectivity index (χ4n) is 4.13. The molecule has 3 N–H and O–H groups in total. The zero-order chi connectivity index (χ0) is 19.0. The number of hydrogen-bond acceptors (Lipinski definition) is 6. The quantitative estimate of drug-likeness (QED) is 0.735. The molecule has 0 radical (unpaired) electrons. The molecule has 1 saturated carbocycles. The number of fused-ring (bicyclic) bond motifs is 1.